The van der Waals surface area contributed by atoms with Crippen LogP contribution in [0.15, 0.2) is 42.5 Å². The third-order valence-corrected chi connectivity index (χ3v) is 2.84. The number of hydrogen-bond acceptors (Lipinski definition) is 3. The average Bonchev–Trinajstić information content (AvgIpc) is 2.45. The Labute approximate surface area is 111 Å². The maximum absolute atomic E-state index is 13.4. The fraction of sp³-hybridized carbons (Fsp3) is 0.133. The van der Waals surface area contributed by atoms with Crippen LogP contribution in [-0.4, -0.2) is 14.2 Å². The predicted octanol–water partition coefficient (Wildman–Crippen LogP) is 3.47. The fourth-order valence-electron chi connectivity index (χ4n) is 1.80. The van der Waals surface area contributed by atoms with Crippen LogP contribution in [-0.2, 0) is 0 Å². The van der Waals surface area contributed by atoms with Gasteiger partial charge in [0.25, 0.3) is 0 Å². The van der Waals surface area contributed by atoms with Crippen LogP contribution in [0.4, 0.5) is 15.8 Å². The Morgan fingerprint density at radius 3 is 2.63 bits per heavy atom. The first-order valence-electron chi connectivity index (χ1n) is 5.72. The zero-order valence-electron chi connectivity index (χ0n) is 10.7. The van der Waals surface area contributed by atoms with Gasteiger partial charge in [-0.05, 0) is 30.3 Å². The molecule has 96 valence electrons. The van der Waals surface area contributed by atoms with Crippen LogP contribution in [0.2, 0.25) is 0 Å². The molecule has 0 fully saturated rings. The molecule has 2 aromatic carbocycles. The molecule has 0 aliphatic rings. The lowest BCUT2D eigenvalue weighted by Crippen LogP contribution is -2.10. The van der Waals surface area contributed by atoms with Gasteiger partial charge in [-0.2, -0.15) is 5.26 Å². The second kappa shape index (κ2) is 5.40. The minimum Gasteiger partial charge on any atom is -0.497 e. The molecule has 4 heteroatoms. The molecule has 3 nitrogen and oxygen atoms in total. The molecule has 0 radical (unpaired) electrons. The maximum Gasteiger partial charge on any atom is 0.126 e. The summed E-state index contributed by atoms with van der Waals surface area (Å²) in [5, 5.41) is 8.87. The highest BCUT2D eigenvalue weighted by Gasteiger charge is 2.08. The first-order chi connectivity index (χ1) is 9.13. The van der Waals surface area contributed by atoms with Gasteiger partial charge < -0.3 is 9.64 Å². The summed E-state index contributed by atoms with van der Waals surface area (Å²) >= 11 is 0. The Bertz CT molecular complexity index is 634. The molecule has 19 heavy (non-hydrogen) atoms. The highest BCUT2D eigenvalue weighted by Crippen LogP contribution is 2.27. The number of rotatable bonds is 3. The van der Waals surface area contributed by atoms with Crippen molar-refractivity contribution in [2.24, 2.45) is 0 Å². The van der Waals surface area contributed by atoms with Gasteiger partial charge in [-0.3, -0.25) is 0 Å². The Hall–Kier alpha value is -2.54. The van der Waals surface area contributed by atoms with Gasteiger partial charge in [0.15, 0.2) is 0 Å². The number of anilines is 2. The van der Waals surface area contributed by atoms with E-state index in [1.807, 2.05) is 37.4 Å². The number of benzene rings is 2. The molecule has 0 unspecified atom stereocenters. The molecule has 0 aliphatic carbocycles. The highest BCUT2D eigenvalue weighted by molar-refractivity contribution is 5.65. The first-order valence-corrected chi connectivity index (χ1v) is 5.72. The van der Waals surface area contributed by atoms with Gasteiger partial charge in [0.1, 0.15) is 11.6 Å². The third kappa shape index (κ3) is 2.83. The lowest BCUT2D eigenvalue weighted by Gasteiger charge is -2.20. The Kier molecular flexibility index (Phi) is 3.67. The van der Waals surface area contributed by atoms with E-state index in [1.165, 1.54) is 12.1 Å². The molecule has 0 heterocycles. The molecule has 0 atom stereocenters. The van der Waals surface area contributed by atoms with Crippen molar-refractivity contribution in [2.75, 3.05) is 19.1 Å². The van der Waals surface area contributed by atoms with Crippen LogP contribution in [0.3, 0.4) is 0 Å². The van der Waals surface area contributed by atoms with Crippen molar-refractivity contribution < 1.29 is 9.13 Å². The molecule has 0 saturated carbocycles. The van der Waals surface area contributed by atoms with E-state index < -0.39 is 5.82 Å². The van der Waals surface area contributed by atoms with Crippen LogP contribution in [0.5, 0.6) is 5.75 Å². The molecule has 2 rings (SSSR count). The van der Waals surface area contributed by atoms with Gasteiger partial charge in [-0.25, -0.2) is 4.39 Å². The van der Waals surface area contributed by atoms with Crippen LogP contribution >= 0.6 is 0 Å². The standard InChI is InChI=1S/C15H13FN2O/c1-18(13-4-3-5-15(9-13)19-2)14-7-11(10-17)6-12(16)8-14/h3-9H,1-2H3. The van der Waals surface area contributed by atoms with Gasteiger partial charge in [-0.1, -0.05) is 6.07 Å². The van der Waals surface area contributed by atoms with E-state index in [9.17, 15) is 4.39 Å². The second-order valence-electron chi connectivity index (χ2n) is 4.07. The summed E-state index contributed by atoms with van der Waals surface area (Å²) in [6.45, 7) is 0. The van der Waals surface area contributed by atoms with Crippen molar-refractivity contribution in [3.05, 3.63) is 53.8 Å². The number of hydrogen-bond donors (Lipinski definition) is 0. The van der Waals surface area contributed by atoms with Crippen molar-refractivity contribution in [1.29, 1.82) is 5.26 Å². The summed E-state index contributed by atoms with van der Waals surface area (Å²) in [6.07, 6.45) is 0. The number of ether oxygens (including phenoxy) is 1. The topological polar surface area (TPSA) is 36.3 Å². The molecule has 0 aliphatic heterocycles. The third-order valence-electron chi connectivity index (χ3n) is 2.84. The maximum atomic E-state index is 13.4. The Balaban J connectivity index is 2.40. The summed E-state index contributed by atoms with van der Waals surface area (Å²) in [5.74, 6) is 0.296. The predicted molar refractivity (Wildman–Crippen MR) is 72.2 cm³/mol. The molecule has 0 bridgehead atoms. The smallest absolute Gasteiger partial charge is 0.126 e. The van der Waals surface area contributed by atoms with Gasteiger partial charge in [-0.15, -0.1) is 0 Å². The van der Waals surface area contributed by atoms with Gasteiger partial charge >= 0.3 is 0 Å². The molecule has 0 aromatic heterocycles. The molecule has 2 aromatic rings. The van der Waals surface area contributed by atoms with Gasteiger partial charge in [0, 0.05) is 24.5 Å². The Morgan fingerprint density at radius 1 is 1.16 bits per heavy atom. The summed E-state index contributed by atoms with van der Waals surface area (Å²) in [5.41, 5.74) is 1.77. The van der Waals surface area contributed by atoms with E-state index in [4.69, 9.17) is 10.00 Å². The minimum absolute atomic E-state index is 0.296. The van der Waals surface area contributed by atoms with E-state index in [0.29, 0.717) is 11.3 Å². The molecule has 0 spiro atoms. The van der Waals surface area contributed by atoms with Crippen LogP contribution in [0, 0.1) is 17.1 Å². The number of halogens is 1. The largest absolute Gasteiger partial charge is 0.497 e. The van der Waals surface area contributed by atoms with E-state index in [2.05, 4.69) is 0 Å². The van der Waals surface area contributed by atoms with Crippen LogP contribution in [0.25, 0.3) is 0 Å². The van der Waals surface area contributed by atoms with Crippen molar-refractivity contribution in [3.8, 4) is 11.8 Å². The van der Waals surface area contributed by atoms with Gasteiger partial charge in [0.05, 0.1) is 18.7 Å². The van der Waals surface area contributed by atoms with E-state index in [0.717, 1.165) is 11.4 Å². The summed E-state index contributed by atoms with van der Waals surface area (Å²) < 4.78 is 18.6. The summed E-state index contributed by atoms with van der Waals surface area (Å²) in [4.78, 5) is 1.80. The van der Waals surface area contributed by atoms with Gasteiger partial charge in [0.2, 0.25) is 0 Å². The minimum atomic E-state index is -0.427. The van der Waals surface area contributed by atoms with Crippen molar-refractivity contribution in [1.82, 2.24) is 0 Å². The summed E-state index contributed by atoms with van der Waals surface area (Å²) in [6, 6.07) is 13.6. The quantitative estimate of drug-likeness (QED) is 0.843. The summed E-state index contributed by atoms with van der Waals surface area (Å²) in [7, 11) is 3.40. The monoisotopic (exact) mass is 256 g/mol. The number of methoxy groups -OCH3 is 1. The molecule has 0 saturated heterocycles. The lowest BCUT2D eigenvalue weighted by atomic mass is 10.2. The van der Waals surface area contributed by atoms with Crippen molar-refractivity contribution in [2.45, 2.75) is 0 Å². The van der Waals surface area contributed by atoms with Crippen molar-refractivity contribution in [3.63, 3.8) is 0 Å². The van der Waals surface area contributed by atoms with E-state index in [-0.39, 0.29) is 0 Å². The zero-order chi connectivity index (χ0) is 13.8. The Morgan fingerprint density at radius 2 is 1.95 bits per heavy atom. The molecular weight excluding hydrogens is 243 g/mol. The first kappa shape index (κ1) is 12.9. The van der Waals surface area contributed by atoms with E-state index >= 15 is 0 Å². The second-order valence-corrected chi connectivity index (χ2v) is 4.07. The number of nitrogens with zero attached hydrogens (tertiary/aromatic N) is 2. The average molecular weight is 256 g/mol. The van der Waals surface area contributed by atoms with E-state index in [1.54, 1.807) is 18.1 Å². The zero-order valence-corrected chi connectivity index (χ0v) is 10.7. The van der Waals surface area contributed by atoms with Crippen LogP contribution in [0.1, 0.15) is 5.56 Å². The SMILES string of the molecule is COc1cccc(N(C)c2cc(F)cc(C#N)c2)c1. The molecular formula is C15H13FN2O. The fourth-order valence-corrected chi connectivity index (χ4v) is 1.80. The van der Waals surface area contributed by atoms with Crippen LogP contribution < -0.4 is 9.64 Å². The molecule has 0 amide bonds. The van der Waals surface area contributed by atoms with Crippen molar-refractivity contribution >= 4 is 11.4 Å². The highest BCUT2D eigenvalue weighted by atomic mass is 19.1. The molecule has 0 N–H and O–H groups in total. The number of nitriles is 1. The normalized spacial score (nSPS) is 9.79. The lowest BCUT2D eigenvalue weighted by molar-refractivity contribution is 0.415.